The lowest BCUT2D eigenvalue weighted by molar-refractivity contribution is -0.123. The van der Waals surface area contributed by atoms with Crippen LogP contribution >= 0.6 is 0 Å². The van der Waals surface area contributed by atoms with Crippen molar-refractivity contribution in [2.45, 2.75) is 38.3 Å². The van der Waals surface area contributed by atoms with Crippen molar-refractivity contribution >= 4 is 32.9 Å². The summed E-state index contributed by atoms with van der Waals surface area (Å²) in [5.41, 5.74) is 5.10. The molecular formula is C31H33N3O5S. The van der Waals surface area contributed by atoms with E-state index < -0.39 is 22.0 Å². The zero-order chi connectivity index (χ0) is 28.7. The van der Waals surface area contributed by atoms with E-state index in [-0.39, 0.29) is 10.8 Å². The maximum absolute atomic E-state index is 12.8. The van der Waals surface area contributed by atoms with Crippen LogP contribution in [0.1, 0.15) is 30.5 Å². The van der Waals surface area contributed by atoms with E-state index in [0.29, 0.717) is 23.7 Å². The Morgan fingerprint density at radius 3 is 2.40 bits per heavy atom. The Labute approximate surface area is 235 Å². The van der Waals surface area contributed by atoms with Gasteiger partial charge in [-0.3, -0.25) is 4.79 Å². The molecule has 0 saturated carbocycles. The van der Waals surface area contributed by atoms with Crippen LogP contribution in [0.25, 0.3) is 10.8 Å². The molecular weight excluding hydrogens is 526 g/mol. The van der Waals surface area contributed by atoms with Crippen LogP contribution in [-0.4, -0.2) is 33.7 Å². The number of benzene rings is 4. The van der Waals surface area contributed by atoms with Gasteiger partial charge in [0.25, 0.3) is 5.91 Å². The number of amides is 1. The summed E-state index contributed by atoms with van der Waals surface area (Å²) in [6.45, 7) is 5.76. The maximum Gasteiger partial charge on any atom is 0.258 e. The molecule has 9 heteroatoms. The molecule has 0 aliphatic carbocycles. The topological polar surface area (TPSA) is 106 Å². The number of methoxy groups -OCH3 is 1. The van der Waals surface area contributed by atoms with E-state index in [0.717, 1.165) is 21.9 Å². The monoisotopic (exact) mass is 559 g/mol. The molecule has 208 valence electrons. The van der Waals surface area contributed by atoms with Crippen molar-refractivity contribution in [1.29, 1.82) is 0 Å². The molecule has 0 unspecified atom stereocenters. The van der Waals surface area contributed by atoms with Gasteiger partial charge in [0.05, 0.1) is 18.2 Å². The number of hydrogen-bond donors (Lipinski definition) is 2. The van der Waals surface area contributed by atoms with Crippen LogP contribution in [0.15, 0.2) is 94.9 Å². The molecule has 0 aliphatic rings. The highest BCUT2D eigenvalue weighted by atomic mass is 32.2. The molecule has 40 heavy (non-hydrogen) atoms. The molecule has 0 bridgehead atoms. The summed E-state index contributed by atoms with van der Waals surface area (Å²) in [5, 5.41) is 6.31. The third-order valence-corrected chi connectivity index (χ3v) is 7.86. The average molecular weight is 560 g/mol. The molecule has 0 aromatic heterocycles. The lowest BCUT2D eigenvalue weighted by atomic mass is 10.1. The molecule has 0 saturated heterocycles. The van der Waals surface area contributed by atoms with Crippen LogP contribution in [-0.2, 0) is 21.4 Å². The van der Waals surface area contributed by atoms with E-state index in [9.17, 15) is 13.2 Å². The number of ether oxygens (including phenoxy) is 2. The van der Waals surface area contributed by atoms with Crippen LogP contribution in [0.4, 0.5) is 0 Å². The van der Waals surface area contributed by atoms with Crippen molar-refractivity contribution < 1.29 is 22.7 Å². The molecule has 0 fully saturated rings. The summed E-state index contributed by atoms with van der Waals surface area (Å²) < 4.78 is 39.7. The van der Waals surface area contributed by atoms with Gasteiger partial charge in [-0.15, -0.1) is 0 Å². The number of rotatable bonds is 11. The van der Waals surface area contributed by atoms with Gasteiger partial charge in [-0.25, -0.2) is 13.8 Å². The van der Waals surface area contributed by atoms with Crippen LogP contribution in [0.3, 0.4) is 0 Å². The van der Waals surface area contributed by atoms with Crippen LogP contribution in [0.5, 0.6) is 11.5 Å². The fourth-order valence-corrected chi connectivity index (χ4v) is 5.49. The van der Waals surface area contributed by atoms with E-state index in [1.54, 1.807) is 51.3 Å². The first-order valence-electron chi connectivity index (χ1n) is 12.9. The van der Waals surface area contributed by atoms with Gasteiger partial charge in [0.2, 0.25) is 10.0 Å². The van der Waals surface area contributed by atoms with E-state index in [4.69, 9.17) is 9.47 Å². The highest BCUT2D eigenvalue weighted by molar-refractivity contribution is 7.89. The Morgan fingerprint density at radius 1 is 0.950 bits per heavy atom. The summed E-state index contributed by atoms with van der Waals surface area (Å²) in [6, 6.07) is 25.0. The molecule has 0 heterocycles. The highest BCUT2D eigenvalue weighted by Gasteiger charge is 2.28. The van der Waals surface area contributed by atoms with E-state index >= 15 is 0 Å². The molecule has 8 nitrogen and oxygen atoms in total. The van der Waals surface area contributed by atoms with E-state index in [2.05, 4.69) is 33.4 Å². The summed E-state index contributed by atoms with van der Waals surface area (Å²) >= 11 is 0. The van der Waals surface area contributed by atoms with Crippen molar-refractivity contribution in [1.82, 2.24) is 10.1 Å². The summed E-state index contributed by atoms with van der Waals surface area (Å²) in [6.07, 6.45) is 1.46. The minimum atomic E-state index is -3.89. The first kappa shape index (κ1) is 28.8. The second-order valence-corrected chi connectivity index (χ2v) is 11.4. The molecule has 4 rings (SSSR count). The number of nitrogens with zero attached hydrogens (tertiary/aromatic N) is 1. The quantitative estimate of drug-likeness (QED) is 0.194. The number of sulfonamides is 1. The Balaban J connectivity index is 1.40. The third kappa shape index (κ3) is 7.05. The van der Waals surface area contributed by atoms with Crippen molar-refractivity contribution in [2.75, 3.05) is 7.11 Å². The molecule has 0 spiro atoms. The van der Waals surface area contributed by atoms with Crippen molar-refractivity contribution in [3.05, 3.63) is 102 Å². The fraction of sp³-hybridized carbons (Fsp3) is 0.226. The first-order valence-corrected chi connectivity index (χ1v) is 14.4. The third-order valence-electron chi connectivity index (χ3n) is 6.40. The SMILES string of the molecule is COc1cc(/C=N\NC(=O)[C@@H](NS(=O)(=O)c2ccc(C)cc2)C(C)C)ccc1OCc1cccc2ccccc12. The lowest BCUT2D eigenvalue weighted by Gasteiger charge is -2.20. The molecule has 1 atom stereocenters. The standard InChI is InChI=1S/C31H33N3O5S/c1-21(2)30(34-40(36,37)26-15-12-22(3)13-16-26)31(35)33-32-19-23-14-17-28(29(18-23)38-4)39-20-25-10-7-9-24-8-5-6-11-27(24)25/h5-19,21,30,34H,20H2,1-4H3,(H,33,35)/b32-19-/t30-/m0/s1. The van der Waals surface area contributed by atoms with E-state index in [1.807, 2.05) is 31.2 Å². The summed E-state index contributed by atoms with van der Waals surface area (Å²) in [5.74, 6) is 0.209. The summed E-state index contributed by atoms with van der Waals surface area (Å²) in [4.78, 5) is 12.9. The maximum atomic E-state index is 12.8. The largest absolute Gasteiger partial charge is 0.493 e. The Bertz CT molecular complexity index is 1610. The Morgan fingerprint density at radius 2 is 1.68 bits per heavy atom. The fourth-order valence-electron chi connectivity index (χ4n) is 4.14. The van der Waals surface area contributed by atoms with Gasteiger partial charge in [-0.05, 0) is 65.1 Å². The van der Waals surface area contributed by atoms with E-state index in [1.165, 1.54) is 18.3 Å². The van der Waals surface area contributed by atoms with Gasteiger partial charge < -0.3 is 9.47 Å². The van der Waals surface area contributed by atoms with Gasteiger partial charge in [0.15, 0.2) is 11.5 Å². The average Bonchev–Trinajstić information content (AvgIpc) is 2.95. The Kier molecular flexibility index (Phi) is 9.19. The molecule has 4 aromatic carbocycles. The minimum Gasteiger partial charge on any atom is -0.493 e. The number of fused-ring (bicyclic) bond motifs is 1. The van der Waals surface area contributed by atoms with Gasteiger partial charge in [0, 0.05) is 0 Å². The van der Waals surface area contributed by atoms with Crippen molar-refractivity contribution in [2.24, 2.45) is 11.0 Å². The number of hydrazone groups is 1. The van der Waals surface area contributed by atoms with Gasteiger partial charge in [-0.2, -0.15) is 9.82 Å². The second kappa shape index (κ2) is 12.8. The molecule has 0 aliphatic heterocycles. The molecule has 4 aromatic rings. The minimum absolute atomic E-state index is 0.0925. The number of hydrogen-bond acceptors (Lipinski definition) is 6. The zero-order valence-corrected chi connectivity index (χ0v) is 23.7. The number of nitrogens with one attached hydrogen (secondary N) is 2. The normalized spacial score (nSPS) is 12.5. The van der Waals surface area contributed by atoms with Gasteiger partial charge in [0.1, 0.15) is 12.6 Å². The predicted molar refractivity (Wildman–Crippen MR) is 157 cm³/mol. The number of aryl methyl sites for hydroxylation is 1. The first-order chi connectivity index (χ1) is 19.2. The van der Waals surface area contributed by atoms with Crippen LogP contribution < -0.4 is 19.6 Å². The van der Waals surface area contributed by atoms with Crippen molar-refractivity contribution in [3.8, 4) is 11.5 Å². The molecule has 2 N–H and O–H groups in total. The lowest BCUT2D eigenvalue weighted by Crippen LogP contribution is -2.48. The summed E-state index contributed by atoms with van der Waals surface area (Å²) in [7, 11) is -2.34. The second-order valence-electron chi connectivity index (χ2n) is 9.73. The Hall–Kier alpha value is -4.21. The molecule has 1 amide bonds. The van der Waals surface area contributed by atoms with Crippen molar-refractivity contribution in [3.63, 3.8) is 0 Å². The van der Waals surface area contributed by atoms with Crippen LogP contribution in [0, 0.1) is 12.8 Å². The molecule has 0 radical (unpaired) electrons. The predicted octanol–water partition coefficient (Wildman–Crippen LogP) is 5.19. The van der Waals surface area contributed by atoms with Gasteiger partial charge in [-0.1, -0.05) is 74.0 Å². The highest BCUT2D eigenvalue weighted by Crippen LogP contribution is 2.29. The van der Waals surface area contributed by atoms with Gasteiger partial charge >= 0.3 is 0 Å². The van der Waals surface area contributed by atoms with Crippen LogP contribution in [0.2, 0.25) is 0 Å². The zero-order valence-electron chi connectivity index (χ0n) is 22.9. The number of carbonyl (C=O) groups is 1. The smallest absolute Gasteiger partial charge is 0.258 e. The number of carbonyl (C=O) groups excluding carboxylic acids is 1.